The zero-order valence-corrected chi connectivity index (χ0v) is 12.4. The predicted molar refractivity (Wildman–Crippen MR) is 76.4 cm³/mol. The first-order valence-electron chi connectivity index (χ1n) is 6.63. The van der Waals surface area contributed by atoms with E-state index in [2.05, 4.69) is 0 Å². The molecule has 0 amide bonds. The molecule has 8 nitrogen and oxygen atoms in total. The van der Waals surface area contributed by atoms with Crippen LogP contribution in [-0.4, -0.2) is 37.5 Å². The Kier molecular flexibility index (Phi) is 6.81. The fraction of sp³-hybridized carbons (Fsp3) is 0.429. The number of methoxy groups -OCH3 is 1. The molecule has 0 radical (unpaired) electrons. The largest absolute Gasteiger partial charge is 0.493 e. The minimum atomic E-state index is -0.672. The smallest absolute Gasteiger partial charge is 0.305 e. The molecule has 0 heterocycles. The molecule has 0 saturated carbocycles. The van der Waals surface area contributed by atoms with Crippen molar-refractivity contribution in [2.45, 2.75) is 19.8 Å². The van der Waals surface area contributed by atoms with Crippen molar-refractivity contribution in [2.75, 3.05) is 20.3 Å². The Morgan fingerprint density at radius 2 is 2.09 bits per heavy atom. The highest BCUT2D eigenvalue weighted by molar-refractivity contribution is 5.83. The third-order valence-corrected chi connectivity index (χ3v) is 2.72. The molecule has 8 heteroatoms. The number of carbonyl (C=O) groups excluding carboxylic acids is 2. The maximum absolute atomic E-state index is 11.2. The average Bonchev–Trinajstić information content (AvgIpc) is 2.50. The molecule has 0 bridgehead atoms. The molecule has 0 aromatic heterocycles. The van der Waals surface area contributed by atoms with Gasteiger partial charge in [0.1, 0.15) is 0 Å². The molecule has 120 valence electrons. The van der Waals surface area contributed by atoms with Crippen LogP contribution in [0.4, 0.5) is 5.69 Å². The van der Waals surface area contributed by atoms with Gasteiger partial charge in [0, 0.05) is 12.5 Å². The second-order valence-corrected chi connectivity index (χ2v) is 4.19. The van der Waals surface area contributed by atoms with Crippen LogP contribution in [0.2, 0.25) is 0 Å². The molecule has 0 aliphatic carbocycles. The van der Waals surface area contributed by atoms with Crippen molar-refractivity contribution in [1.29, 1.82) is 0 Å². The van der Waals surface area contributed by atoms with E-state index in [1.54, 1.807) is 6.92 Å². The number of nitro groups is 1. The molecule has 0 aliphatic heterocycles. The van der Waals surface area contributed by atoms with Crippen LogP contribution >= 0.6 is 0 Å². The number of hydrogen-bond donors (Lipinski definition) is 0. The highest BCUT2D eigenvalue weighted by atomic mass is 16.6. The van der Waals surface area contributed by atoms with E-state index in [1.165, 1.54) is 13.2 Å². The number of nitrogens with zero attached hydrogens (tertiary/aromatic N) is 1. The van der Waals surface area contributed by atoms with Crippen LogP contribution in [0.1, 0.15) is 30.1 Å². The van der Waals surface area contributed by atoms with E-state index < -0.39 is 4.92 Å². The fourth-order valence-corrected chi connectivity index (χ4v) is 1.72. The lowest BCUT2D eigenvalue weighted by Crippen LogP contribution is -2.07. The third kappa shape index (κ3) is 4.72. The van der Waals surface area contributed by atoms with Crippen molar-refractivity contribution < 1.29 is 28.7 Å². The van der Waals surface area contributed by atoms with E-state index in [1.807, 2.05) is 0 Å². The highest BCUT2D eigenvalue weighted by Crippen LogP contribution is 2.34. The molecular weight excluding hydrogens is 294 g/mol. The topological polar surface area (TPSA) is 105 Å². The summed E-state index contributed by atoms with van der Waals surface area (Å²) in [5.41, 5.74) is -0.461. The summed E-state index contributed by atoms with van der Waals surface area (Å²) in [4.78, 5) is 32.3. The molecule has 0 atom stereocenters. The van der Waals surface area contributed by atoms with Crippen LogP contribution in [0.15, 0.2) is 12.1 Å². The molecule has 1 aromatic rings. The summed E-state index contributed by atoms with van der Waals surface area (Å²) in [5, 5.41) is 10.9. The standard InChI is InChI=1S/C14H17NO7/c1-3-21-14(17)5-4-6-22-13-8-11(15(18)19)10(9-16)7-12(13)20-2/h7-9H,3-6H2,1-2H3. The second-order valence-electron chi connectivity index (χ2n) is 4.19. The van der Waals surface area contributed by atoms with Gasteiger partial charge in [-0.2, -0.15) is 0 Å². The lowest BCUT2D eigenvalue weighted by atomic mass is 10.1. The number of aldehydes is 1. The first kappa shape index (κ1) is 17.4. The molecule has 0 N–H and O–H groups in total. The van der Waals surface area contributed by atoms with Gasteiger partial charge < -0.3 is 14.2 Å². The molecule has 0 fully saturated rings. The number of hydrogen-bond acceptors (Lipinski definition) is 7. The third-order valence-electron chi connectivity index (χ3n) is 2.72. The molecular formula is C14H17NO7. The minimum absolute atomic E-state index is 0.0966. The maximum atomic E-state index is 11.2. The van der Waals surface area contributed by atoms with E-state index in [0.717, 1.165) is 6.07 Å². The van der Waals surface area contributed by atoms with Gasteiger partial charge in [0.15, 0.2) is 17.8 Å². The Bertz CT molecular complexity index is 556. The quantitative estimate of drug-likeness (QED) is 0.226. The van der Waals surface area contributed by atoms with Gasteiger partial charge in [0.2, 0.25) is 0 Å². The Labute approximate surface area is 127 Å². The lowest BCUT2D eigenvalue weighted by molar-refractivity contribution is -0.385. The van der Waals surface area contributed by atoms with Crippen molar-refractivity contribution in [3.63, 3.8) is 0 Å². The number of esters is 1. The Hall–Kier alpha value is -2.64. The van der Waals surface area contributed by atoms with Crippen molar-refractivity contribution in [1.82, 2.24) is 0 Å². The first-order chi connectivity index (χ1) is 10.5. The van der Waals surface area contributed by atoms with Gasteiger partial charge in [-0.25, -0.2) is 0 Å². The fourth-order valence-electron chi connectivity index (χ4n) is 1.72. The van der Waals surface area contributed by atoms with Crippen molar-refractivity contribution >= 4 is 17.9 Å². The van der Waals surface area contributed by atoms with Crippen LogP contribution in [0.3, 0.4) is 0 Å². The van der Waals surface area contributed by atoms with Gasteiger partial charge in [0.25, 0.3) is 5.69 Å². The minimum Gasteiger partial charge on any atom is -0.493 e. The van der Waals surface area contributed by atoms with Crippen molar-refractivity contribution in [3.8, 4) is 11.5 Å². The summed E-state index contributed by atoms with van der Waals surface area (Å²) >= 11 is 0. The molecule has 0 unspecified atom stereocenters. The van der Waals surface area contributed by atoms with E-state index in [0.29, 0.717) is 19.3 Å². The van der Waals surface area contributed by atoms with Crippen molar-refractivity contribution in [3.05, 3.63) is 27.8 Å². The molecule has 22 heavy (non-hydrogen) atoms. The molecule has 0 spiro atoms. The number of rotatable bonds is 9. The van der Waals surface area contributed by atoms with E-state index in [4.69, 9.17) is 14.2 Å². The van der Waals surface area contributed by atoms with Gasteiger partial charge >= 0.3 is 5.97 Å². The van der Waals surface area contributed by atoms with E-state index >= 15 is 0 Å². The van der Waals surface area contributed by atoms with E-state index in [9.17, 15) is 19.7 Å². The summed E-state index contributed by atoms with van der Waals surface area (Å²) < 4.78 is 15.2. The van der Waals surface area contributed by atoms with Crippen LogP contribution in [0, 0.1) is 10.1 Å². The summed E-state index contributed by atoms with van der Waals surface area (Å²) in [6.07, 6.45) is 0.959. The molecule has 0 aliphatic rings. The summed E-state index contributed by atoms with van der Waals surface area (Å²) in [5.74, 6) is 0.0211. The summed E-state index contributed by atoms with van der Waals surface area (Å²) in [6, 6.07) is 2.37. The Balaban J connectivity index is 2.76. The second kappa shape index (κ2) is 8.60. The number of ether oxygens (including phenoxy) is 3. The first-order valence-corrected chi connectivity index (χ1v) is 6.63. The Morgan fingerprint density at radius 3 is 2.64 bits per heavy atom. The zero-order valence-electron chi connectivity index (χ0n) is 12.4. The average molecular weight is 311 g/mol. The number of nitro benzene ring substituents is 1. The lowest BCUT2D eigenvalue weighted by Gasteiger charge is -2.11. The van der Waals surface area contributed by atoms with Gasteiger partial charge in [-0.1, -0.05) is 0 Å². The molecule has 1 rings (SSSR count). The Morgan fingerprint density at radius 1 is 1.36 bits per heavy atom. The summed E-state index contributed by atoms with van der Waals surface area (Å²) in [7, 11) is 1.36. The van der Waals surface area contributed by atoms with Crippen LogP contribution in [-0.2, 0) is 9.53 Å². The van der Waals surface area contributed by atoms with Gasteiger partial charge in [-0.15, -0.1) is 0 Å². The predicted octanol–water partition coefficient (Wildman–Crippen LogP) is 2.14. The molecule has 1 aromatic carbocycles. The van der Waals surface area contributed by atoms with Gasteiger partial charge in [0.05, 0.1) is 36.9 Å². The number of carbonyl (C=O) groups is 2. The van der Waals surface area contributed by atoms with Crippen LogP contribution in [0.25, 0.3) is 0 Å². The highest BCUT2D eigenvalue weighted by Gasteiger charge is 2.19. The SMILES string of the molecule is CCOC(=O)CCCOc1cc([N+](=O)[O-])c(C=O)cc1OC. The monoisotopic (exact) mass is 311 g/mol. The maximum Gasteiger partial charge on any atom is 0.305 e. The zero-order chi connectivity index (χ0) is 16.5. The normalized spacial score (nSPS) is 9.91. The van der Waals surface area contributed by atoms with E-state index in [-0.39, 0.29) is 41.7 Å². The van der Waals surface area contributed by atoms with Crippen LogP contribution in [0.5, 0.6) is 11.5 Å². The van der Waals surface area contributed by atoms with Crippen molar-refractivity contribution in [2.24, 2.45) is 0 Å². The van der Waals surface area contributed by atoms with Gasteiger partial charge in [-0.05, 0) is 13.3 Å². The molecule has 0 saturated heterocycles. The number of benzene rings is 1. The summed E-state index contributed by atoms with van der Waals surface area (Å²) in [6.45, 7) is 2.19. The van der Waals surface area contributed by atoms with Gasteiger partial charge in [-0.3, -0.25) is 19.7 Å². The van der Waals surface area contributed by atoms with Crippen LogP contribution < -0.4 is 9.47 Å².